The van der Waals surface area contributed by atoms with Crippen molar-refractivity contribution in [1.29, 1.82) is 0 Å². The molecule has 3 N–H and O–H groups in total. The van der Waals surface area contributed by atoms with Gasteiger partial charge in [0.15, 0.2) is 0 Å². The first-order chi connectivity index (χ1) is 19.6. The van der Waals surface area contributed by atoms with Crippen LogP contribution in [0.3, 0.4) is 0 Å². The van der Waals surface area contributed by atoms with Crippen LogP contribution in [0.5, 0.6) is 0 Å². The van der Waals surface area contributed by atoms with Gasteiger partial charge in [-0.25, -0.2) is 4.39 Å². The summed E-state index contributed by atoms with van der Waals surface area (Å²) >= 11 is 0. The molecule has 10 heteroatoms. The molecule has 5 rings (SSSR count). The zero-order valence-electron chi connectivity index (χ0n) is 24.6. The van der Waals surface area contributed by atoms with Crippen molar-refractivity contribution in [2.45, 2.75) is 63.8 Å². The number of aliphatic hydroxyl groups is 2. The molecule has 2 saturated heterocycles. The van der Waals surface area contributed by atoms with E-state index in [9.17, 15) is 19.4 Å². The summed E-state index contributed by atoms with van der Waals surface area (Å²) in [5.41, 5.74) is 3.01. The standard InChI is InChI=1S/C31H44FN5O4/c1-20-14-36(25(13-33-20)15-35-9-10-41-18-21(35)2)16-28(40)37-19-31(3,4)30-26(37)12-23(29(34-30)27(39)17-38)11-22-5-7-24(32)8-6-22/h5-8,12,20-21,25,27,33,38-39H,9-11,13-19H2,1-4H3/t20-,21-,25?,27?/m1/s1. The van der Waals surface area contributed by atoms with Gasteiger partial charge in [-0.2, -0.15) is 0 Å². The second-order valence-corrected chi connectivity index (χ2v) is 12.6. The highest BCUT2D eigenvalue weighted by molar-refractivity contribution is 5.97. The molecular formula is C31H44FN5O4. The lowest BCUT2D eigenvalue weighted by atomic mass is 9.90. The minimum absolute atomic E-state index is 0.0240. The number of benzene rings is 1. The molecule has 224 valence electrons. The minimum Gasteiger partial charge on any atom is -0.393 e. The molecule has 0 bridgehead atoms. The van der Waals surface area contributed by atoms with Crippen LogP contribution >= 0.6 is 0 Å². The van der Waals surface area contributed by atoms with E-state index in [2.05, 4.69) is 42.8 Å². The third-order valence-corrected chi connectivity index (χ3v) is 8.71. The summed E-state index contributed by atoms with van der Waals surface area (Å²) in [6.45, 7) is 13.6. The molecule has 2 unspecified atom stereocenters. The lowest BCUT2D eigenvalue weighted by Gasteiger charge is -2.43. The number of aromatic nitrogens is 1. The van der Waals surface area contributed by atoms with Crippen molar-refractivity contribution in [3.63, 3.8) is 0 Å². The number of hydrogen-bond donors (Lipinski definition) is 3. The van der Waals surface area contributed by atoms with Crippen LogP contribution in [-0.2, 0) is 21.4 Å². The molecule has 4 atom stereocenters. The summed E-state index contributed by atoms with van der Waals surface area (Å²) in [6.07, 6.45) is -0.758. The fourth-order valence-corrected chi connectivity index (χ4v) is 6.35. The van der Waals surface area contributed by atoms with Crippen molar-refractivity contribution >= 4 is 11.6 Å². The van der Waals surface area contributed by atoms with Crippen LogP contribution in [0.4, 0.5) is 10.1 Å². The highest BCUT2D eigenvalue weighted by atomic mass is 19.1. The van der Waals surface area contributed by atoms with Gasteiger partial charge in [0.1, 0.15) is 11.9 Å². The highest BCUT2D eigenvalue weighted by Crippen LogP contribution is 2.41. The molecule has 1 amide bonds. The molecule has 0 radical (unpaired) electrons. The zero-order chi connectivity index (χ0) is 29.3. The largest absolute Gasteiger partial charge is 0.393 e. The van der Waals surface area contributed by atoms with Crippen LogP contribution in [0.1, 0.15) is 56.3 Å². The fraction of sp³-hybridized carbons (Fsp3) is 0.613. The summed E-state index contributed by atoms with van der Waals surface area (Å²) in [5.74, 6) is -0.297. The molecule has 1 aromatic heterocycles. The van der Waals surface area contributed by atoms with Crippen molar-refractivity contribution < 1.29 is 24.1 Å². The average molecular weight is 570 g/mol. The Morgan fingerprint density at radius 3 is 2.71 bits per heavy atom. The van der Waals surface area contributed by atoms with E-state index in [1.165, 1.54) is 12.1 Å². The monoisotopic (exact) mass is 569 g/mol. The maximum Gasteiger partial charge on any atom is 0.241 e. The number of ether oxygens (including phenoxy) is 1. The number of carbonyl (C=O) groups is 1. The van der Waals surface area contributed by atoms with E-state index in [-0.39, 0.29) is 23.8 Å². The number of nitrogens with zero attached hydrogens (tertiary/aromatic N) is 4. The van der Waals surface area contributed by atoms with Gasteiger partial charge in [0.05, 0.1) is 43.4 Å². The molecule has 3 aliphatic rings. The number of anilines is 1. The average Bonchev–Trinajstić information content (AvgIpc) is 3.21. The second kappa shape index (κ2) is 12.4. The fourth-order valence-electron chi connectivity index (χ4n) is 6.35. The predicted molar refractivity (Wildman–Crippen MR) is 156 cm³/mol. The molecule has 2 fully saturated rings. The maximum absolute atomic E-state index is 14.0. The Kier molecular flexibility index (Phi) is 9.08. The van der Waals surface area contributed by atoms with Gasteiger partial charge in [-0.15, -0.1) is 0 Å². The van der Waals surface area contributed by atoms with Crippen LogP contribution in [0.25, 0.3) is 0 Å². The van der Waals surface area contributed by atoms with Gasteiger partial charge in [-0.1, -0.05) is 26.0 Å². The summed E-state index contributed by atoms with van der Waals surface area (Å²) in [4.78, 5) is 25.5. The predicted octanol–water partition coefficient (Wildman–Crippen LogP) is 1.84. The van der Waals surface area contributed by atoms with E-state index in [1.54, 1.807) is 12.1 Å². The number of nitrogens with one attached hydrogen (secondary N) is 1. The van der Waals surface area contributed by atoms with E-state index in [0.717, 1.165) is 56.3 Å². The molecular weight excluding hydrogens is 525 g/mol. The smallest absolute Gasteiger partial charge is 0.241 e. The van der Waals surface area contributed by atoms with E-state index >= 15 is 0 Å². The lowest BCUT2D eigenvalue weighted by molar-refractivity contribution is -0.121. The van der Waals surface area contributed by atoms with Gasteiger partial charge < -0.3 is 25.2 Å². The second-order valence-electron chi connectivity index (χ2n) is 12.6. The van der Waals surface area contributed by atoms with Crippen LogP contribution in [0.15, 0.2) is 30.3 Å². The molecule has 3 aliphatic heterocycles. The van der Waals surface area contributed by atoms with Gasteiger partial charge >= 0.3 is 0 Å². The Balaban J connectivity index is 1.41. The first-order valence-electron chi connectivity index (χ1n) is 14.7. The third-order valence-electron chi connectivity index (χ3n) is 8.71. The Bertz CT molecular complexity index is 1230. The third kappa shape index (κ3) is 6.63. The Morgan fingerprint density at radius 1 is 1.24 bits per heavy atom. The quantitative estimate of drug-likeness (QED) is 0.443. The Hall–Kier alpha value is -2.47. The van der Waals surface area contributed by atoms with Crippen molar-refractivity contribution in [2.24, 2.45) is 0 Å². The minimum atomic E-state index is -1.15. The number of aliphatic hydroxyl groups excluding tert-OH is 2. The van der Waals surface area contributed by atoms with Gasteiger partial charge in [0, 0.05) is 56.3 Å². The van der Waals surface area contributed by atoms with E-state index in [0.29, 0.717) is 36.8 Å². The number of pyridine rings is 1. The van der Waals surface area contributed by atoms with Gasteiger partial charge in [-0.3, -0.25) is 19.6 Å². The first-order valence-corrected chi connectivity index (χ1v) is 14.7. The number of morpholine rings is 1. The van der Waals surface area contributed by atoms with Gasteiger partial charge in [0.25, 0.3) is 0 Å². The van der Waals surface area contributed by atoms with Crippen LogP contribution in [0.2, 0.25) is 0 Å². The number of rotatable bonds is 8. The Labute approximate surface area is 242 Å². The number of halogens is 1. The number of amides is 1. The molecule has 0 aliphatic carbocycles. The normalized spacial score (nSPS) is 25.7. The summed E-state index contributed by atoms with van der Waals surface area (Å²) < 4.78 is 19.2. The zero-order valence-corrected chi connectivity index (χ0v) is 24.6. The SMILES string of the molecule is C[C@@H]1CN(CC(=O)N2CC(C)(C)c3nc(C(O)CO)c(Cc4ccc(F)cc4)cc32)C(CN2CCOC[C@H]2C)CN1. The molecule has 1 aromatic carbocycles. The van der Waals surface area contributed by atoms with Gasteiger partial charge in [-0.05, 0) is 49.6 Å². The van der Waals surface area contributed by atoms with Crippen molar-refractivity contribution in [3.8, 4) is 0 Å². The molecule has 4 heterocycles. The van der Waals surface area contributed by atoms with Crippen molar-refractivity contribution in [2.75, 3.05) is 64.0 Å². The van der Waals surface area contributed by atoms with Crippen molar-refractivity contribution in [1.82, 2.24) is 20.1 Å². The Morgan fingerprint density at radius 2 is 2.00 bits per heavy atom. The summed E-state index contributed by atoms with van der Waals surface area (Å²) in [5, 5.41) is 24.0. The van der Waals surface area contributed by atoms with Crippen molar-refractivity contribution in [3.05, 3.63) is 58.7 Å². The molecule has 0 saturated carbocycles. The molecule has 9 nitrogen and oxygen atoms in total. The first kappa shape index (κ1) is 30.0. The molecule has 0 spiro atoms. The molecule has 2 aromatic rings. The molecule has 41 heavy (non-hydrogen) atoms. The number of hydrogen-bond acceptors (Lipinski definition) is 8. The number of fused-ring (bicyclic) bond motifs is 1. The topological polar surface area (TPSA) is 101 Å². The van der Waals surface area contributed by atoms with Crippen LogP contribution in [-0.4, -0.2) is 108 Å². The lowest BCUT2D eigenvalue weighted by Crippen LogP contribution is -2.62. The summed E-state index contributed by atoms with van der Waals surface area (Å²) in [7, 11) is 0. The van der Waals surface area contributed by atoms with E-state index in [1.807, 2.05) is 11.0 Å². The van der Waals surface area contributed by atoms with Crippen LogP contribution < -0.4 is 10.2 Å². The summed E-state index contributed by atoms with van der Waals surface area (Å²) in [6, 6.07) is 8.98. The van der Waals surface area contributed by atoms with Crippen LogP contribution in [0, 0.1) is 5.82 Å². The highest BCUT2D eigenvalue weighted by Gasteiger charge is 2.42. The van der Waals surface area contributed by atoms with E-state index in [4.69, 9.17) is 9.72 Å². The number of carbonyl (C=O) groups excluding carboxylic acids is 1. The maximum atomic E-state index is 14.0. The number of piperazine rings is 1. The van der Waals surface area contributed by atoms with E-state index < -0.39 is 18.1 Å². The van der Waals surface area contributed by atoms with Gasteiger partial charge in [0.2, 0.25) is 5.91 Å².